The molecule has 0 aromatic heterocycles. The summed E-state index contributed by atoms with van der Waals surface area (Å²) in [7, 11) is 0. The fraction of sp³-hybridized carbons (Fsp3) is 0.786. The molecule has 2 N–H and O–H groups in total. The number of carbonyl (C=O) groups excluding carboxylic acids is 2. The molecule has 0 aromatic rings. The Morgan fingerprint density at radius 2 is 1.12 bits per heavy atom. The molecule has 1 aliphatic rings. The van der Waals surface area contributed by atoms with Crippen LogP contribution in [0.3, 0.4) is 0 Å². The third-order valence-corrected chi connectivity index (χ3v) is 3.95. The number of carboxylic acids is 1. The smallest absolute Gasteiger partial charge is 0.317 e. The Morgan fingerprint density at radius 1 is 0.731 bits per heavy atom. The standard InChI is InChI=1S/C14H24N6O6/c21-12(16-25)9-18-3-1-15-2-4-19(11-14(23)24)6-8-20(7-5-18)10-13(22)17-26/h15H,1-11H2,(H,23,24). The van der Waals surface area contributed by atoms with E-state index in [0.717, 1.165) is 0 Å². The molecule has 0 spiro atoms. The van der Waals surface area contributed by atoms with E-state index >= 15 is 0 Å². The normalized spacial score (nSPS) is 19.1. The number of hydrogen-bond acceptors (Lipinski definition) is 9. The van der Waals surface area contributed by atoms with Crippen molar-refractivity contribution < 1.29 is 19.5 Å². The molecule has 1 aliphatic heterocycles. The number of hydrogen-bond donors (Lipinski definition) is 2. The molecule has 1 fully saturated rings. The molecule has 146 valence electrons. The molecule has 2 amide bonds. The molecule has 12 nitrogen and oxygen atoms in total. The first-order valence-corrected chi connectivity index (χ1v) is 8.26. The molecular formula is C14H24N6O6. The zero-order chi connectivity index (χ0) is 19.4. The van der Waals surface area contributed by atoms with Crippen LogP contribution in [0.1, 0.15) is 0 Å². The number of nitrogens with one attached hydrogen (secondary N) is 1. The van der Waals surface area contributed by atoms with Gasteiger partial charge in [-0.15, -0.1) is 9.81 Å². The fourth-order valence-electron chi connectivity index (χ4n) is 2.61. The summed E-state index contributed by atoms with van der Waals surface area (Å²) >= 11 is 0. The van der Waals surface area contributed by atoms with Crippen molar-refractivity contribution in [3.8, 4) is 0 Å². The summed E-state index contributed by atoms with van der Waals surface area (Å²) in [4.78, 5) is 59.5. The molecule has 26 heavy (non-hydrogen) atoms. The lowest BCUT2D eigenvalue weighted by molar-refractivity contribution is -0.138. The number of rotatable bonds is 6. The van der Waals surface area contributed by atoms with Crippen LogP contribution < -0.4 is 5.32 Å². The summed E-state index contributed by atoms with van der Waals surface area (Å²) in [5.41, 5.74) is 0. The molecule has 0 atom stereocenters. The first kappa shape index (κ1) is 21.9. The second-order valence-corrected chi connectivity index (χ2v) is 5.94. The number of amides is 2. The molecule has 1 saturated heterocycles. The Balaban J connectivity index is 2.75. The maximum Gasteiger partial charge on any atom is 0.317 e. The molecule has 1 rings (SSSR count). The zero-order valence-corrected chi connectivity index (χ0v) is 14.5. The Kier molecular flexibility index (Phi) is 10.3. The van der Waals surface area contributed by atoms with Gasteiger partial charge in [-0.05, 0) is 0 Å². The van der Waals surface area contributed by atoms with Gasteiger partial charge in [0, 0.05) is 62.7 Å². The lowest BCUT2D eigenvalue weighted by atomic mass is 10.3. The highest BCUT2D eigenvalue weighted by Gasteiger charge is 2.18. The number of nitroso groups, excluding NO2 is 2. The fourth-order valence-corrected chi connectivity index (χ4v) is 2.61. The molecule has 0 aliphatic carbocycles. The minimum absolute atomic E-state index is 0.121. The van der Waals surface area contributed by atoms with Gasteiger partial charge in [-0.3, -0.25) is 29.1 Å². The van der Waals surface area contributed by atoms with Gasteiger partial charge in [0.05, 0.1) is 19.6 Å². The van der Waals surface area contributed by atoms with Crippen molar-refractivity contribution in [1.82, 2.24) is 20.0 Å². The van der Waals surface area contributed by atoms with Gasteiger partial charge in [0.25, 0.3) is 11.8 Å². The Labute approximate surface area is 150 Å². The monoisotopic (exact) mass is 372 g/mol. The van der Waals surface area contributed by atoms with Crippen LogP contribution in [0.4, 0.5) is 0 Å². The summed E-state index contributed by atoms with van der Waals surface area (Å²) in [6.45, 7) is 3.14. The Morgan fingerprint density at radius 3 is 1.50 bits per heavy atom. The molecule has 0 radical (unpaired) electrons. The molecule has 0 unspecified atom stereocenters. The number of nitrogens with zero attached hydrogens (tertiary/aromatic N) is 5. The van der Waals surface area contributed by atoms with E-state index in [0.29, 0.717) is 52.4 Å². The van der Waals surface area contributed by atoms with E-state index in [4.69, 9.17) is 5.11 Å². The average Bonchev–Trinajstić information content (AvgIpc) is 2.60. The van der Waals surface area contributed by atoms with Gasteiger partial charge in [-0.1, -0.05) is 0 Å². The lowest BCUT2D eigenvalue weighted by Crippen LogP contribution is -2.47. The van der Waals surface area contributed by atoms with Crippen LogP contribution in [0.15, 0.2) is 10.4 Å². The van der Waals surface area contributed by atoms with E-state index < -0.39 is 17.8 Å². The van der Waals surface area contributed by atoms with Crippen molar-refractivity contribution in [3.63, 3.8) is 0 Å². The van der Waals surface area contributed by atoms with Crippen LogP contribution in [0.5, 0.6) is 0 Å². The predicted octanol–water partition coefficient (Wildman–Crippen LogP) is -1.83. The quantitative estimate of drug-likeness (QED) is 0.509. The predicted molar refractivity (Wildman–Crippen MR) is 91.4 cm³/mol. The maximum atomic E-state index is 11.4. The van der Waals surface area contributed by atoms with E-state index in [1.807, 2.05) is 0 Å². The van der Waals surface area contributed by atoms with Gasteiger partial charge in [0.15, 0.2) is 0 Å². The molecule has 0 aromatic carbocycles. The van der Waals surface area contributed by atoms with E-state index in [1.54, 1.807) is 14.7 Å². The molecule has 0 bridgehead atoms. The van der Waals surface area contributed by atoms with Gasteiger partial charge < -0.3 is 10.4 Å². The number of aliphatic carboxylic acids is 1. The first-order chi connectivity index (χ1) is 12.4. The van der Waals surface area contributed by atoms with Crippen molar-refractivity contribution in [2.75, 3.05) is 72.0 Å². The third-order valence-electron chi connectivity index (χ3n) is 3.95. The minimum atomic E-state index is -0.944. The van der Waals surface area contributed by atoms with Crippen molar-refractivity contribution in [2.24, 2.45) is 10.4 Å². The summed E-state index contributed by atoms with van der Waals surface area (Å²) < 4.78 is 0. The molecular weight excluding hydrogens is 348 g/mol. The molecule has 1 heterocycles. The SMILES string of the molecule is O=NC(=O)CN1CCNCCN(CC(=O)O)CCN(CC(=O)N=O)CC1. The van der Waals surface area contributed by atoms with Crippen molar-refractivity contribution in [2.45, 2.75) is 0 Å². The van der Waals surface area contributed by atoms with Gasteiger partial charge in [0.1, 0.15) is 0 Å². The van der Waals surface area contributed by atoms with E-state index in [2.05, 4.69) is 15.7 Å². The van der Waals surface area contributed by atoms with Crippen LogP contribution in [-0.4, -0.2) is 110 Å². The van der Waals surface area contributed by atoms with Crippen LogP contribution >= 0.6 is 0 Å². The highest BCUT2D eigenvalue weighted by Crippen LogP contribution is 1.98. The third kappa shape index (κ3) is 9.36. The molecule has 0 saturated carbocycles. The van der Waals surface area contributed by atoms with Crippen molar-refractivity contribution in [1.29, 1.82) is 0 Å². The van der Waals surface area contributed by atoms with Gasteiger partial charge >= 0.3 is 5.97 Å². The minimum Gasteiger partial charge on any atom is -0.480 e. The Hall–Kier alpha value is -2.15. The summed E-state index contributed by atoms with van der Waals surface area (Å²) in [5.74, 6) is -2.54. The first-order valence-electron chi connectivity index (χ1n) is 8.26. The van der Waals surface area contributed by atoms with E-state index in [1.165, 1.54) is 0 Å². The van der Waals surface area contributed by atoms with Gasteiger partial charge in [-0.2, -0.15) is 0 Å². The van der Waals surface area contributed by atoms with Gasteiger partial charge in [-0.25, -0.2) is 0 Å². The number of carboxylic acid groups (broad SMARTS) is 1. The van der Waals surface area contributed by atoms with Crippen LogP contribution in [-0.2, 0) is 14.4 Å². The second kappa shape index (κ2) is 12.2. The van der Waals surface area contributed by atoms with Crippen LogP contribution in [0.2, 0.25) is 0 Å². The second-order valence-electron chi connectivity index (χ2n) is 5.94. The lowest BCUT2D eigenvalue weighted by Gasteiger charge is -2.29. The highest BCUT2D eigenvalue weighted by molar-refractivity contribution is 5.79. The van der Waals surface area contributed by atoms with Crippen molar-refractivity contribution >= 4 is 17.8 Å². The summed E-state index contributed by atoms with van der Waals surface area (Å²) in [6, 6.07) is 0. The zero-order valence-electron chi connectivity index (χ0n) is 14.5. The van der Waals surface area contributed by atoms with Gasteiger partial charge in [0.2, 0.25) is 0 Å². The Bertz CT molecular complexity index is 516. The maximum absolute atomic E-state index is 11.4. The molecule has 12 heteroatoms. The van der Waals surface area contributed by atoms with E-state index in [-0.39, 0.29) is 19.6 Å². The topological polar surface area (TPSA) is 152 Å². The van der Waals surface area contributed by atoms with Crippen molar-refractivity contribution in [3.05, 3.63) is 9.81 Å². The summed E-state index contributed by atoms with van der Waals surface area (Å²) in [6.07, 6.45) is 0. The average molecular weight is 372 g/mol. The largest absolute Gasteiger partial charge is 0.480 e. The number of carbonyl (C=O) groups is 3. The van der Waals surface area contributed by atoms with Crippen LogP contribution in [0, 0.1) is 9.81 Å². The van der Waals surface area contributed by atoms with Crippen LogP contribution in [0.25, 0.3) is 0 Å². The summed E-state index contributed by atoms with van der Waals surface area (Å²) in [5, 5.41) is 16.9. The van der Waals surface area contributed by atoms with E-state index in [9.17, 15) is 24.2 Å². The highest BCUT2D eigenvalue weighted by atomic mass is 16.4.